The molecule has 2 aromatic carbocycles. The van der Waals surface area contributed by atoms with Gasteiger partial charge >= 0.3 is 0 Å². The van der Waals surface area contributed by atoms with Crippen LogP contribution in [0.2, 0.25) is 10.0 Å². The maximum atomic E-state index is 12.0. The van der Waals surface area contributed by atoms with E-state index in [0.29, 0.717) is 26.9 Å². The Hall–Kier alpha value is -1.75. The van der Waals surface area contributed by atoms with Gasteiger partial charge in [0.15, 0.2) is 0 Å². The Morgan fingerprint density at radius 1 is 1.17 bits per heavy atom. The molecule has 1 unspecified atom stereocenters. The first kappa shape index (κ1) is 17.6. The molecule has 6 heteroatoms. The summed E-state index contributed by atoms with van der Waals surface area (Å²) < 4.78 is 5.06. The lowest BCUT2D eigenvalue weighted by Gasteiger charge is -2.13. The zero-order chi connectivity index (χ0) is 16.8. The highest BCUT2D eigenvalue weighted by Crippen LogP contribution is 2.24. The van der Waals surface area contributed by atoms with E-state index in [-0.39, 0.29) is 18.9 Å². The van der Waals surface area contributed by atoms with Gasteiger partial charge in [-0.1, -0.05) is 41.4 Å². The van der Waals surface area contributed by atoms with Gasteiger partial charge in [0.1, 0.15) is 5.75 Å². The number of rotatable bonds is 6. The van der Waals surface area contributed by atoms with Crippen molar-refractivity contribution in [3.05, 3.63) is 63.6 Å². The third kappa shape index (κ3) is 4.86. The second-order valence-corrected chi connectivity index (χ2v) is 5.78. The lowest BCUT2D eigenvalue weighted by molar-refractivity contribution is -0.120. The molecular weight excluding hydrogens is 337 g/mol. The largest absolute Gasteiger partial charge is 0.497 e. The molecule has 0 saturated heterocycles. The highest BCUT2D eigenvalue weighted by atomic mass is 35.5. The molecule has 2 aromatic rings. The van der Waals surface area contributed by atoms with Gasteiger partial charge in [-0.05, 0) is 35.4 Å². The first-order valence-electron chi connectivity index (χ1n) is 7.03. The standard InChI is InChI=1S/C17H17Cl2NO3/c1-23-12-7-5-11(6-8-12)16(21)10-20-17(22)9-13-14(18)3-2-4-15(13)19/h2-8,16,21H,9-10H2,1H3,(H,20,22). The Bertz CT molecular complexity index is 654. The summed E-state index contributed by atoms with van der Waals surface area (Å²) in [5, 5.41) is 13.7. The third-order valence-electron chi connectivity index (χ3n) is 3.39. The Balaban J connectivity index is 1.90. The number of carbonyl (C=O) groups is 1. The van der Waals surface area contributed by atoms with E-state index in [1.165, 1.54) is 0 Å². The number of aliphatic hydroxyl groups excluding tert-OH is 1. The molecule has 122 valence electrons. The Kier molecular flexibility index (Phi) is 6.28. The molecule has 0 saturated carbocycles. The molecule has 2 N–H and O–H groups in total. The molecule has 4 nitrogen and oxygen atoms in total. The van der Waals surface area contributed by atoms with Crippen molar-refractivity contribution in [2.45, 2.75) is 12.5 Å². The molecular formula is C17H17Cl2NO3. The van der Waals surface area contributed by atoms with Crippen LogP contribution in [0.1, 0.15) is 17.2 Å². The van der Waals surface area contributed by atoms with E-state index < -0.39 is 6.10 Å². The smallest absolute Gasteiger partial charge is 0.224 e. The van der Waals surface area contributed by atoms with Crippen molar-refractivity contribution in [1.29, 1.82) is 0 Å². The number of amides is 1. The van der Waals surface area contributed by atoms with Crippen molar-refractivity contribution in [2.24, 2.45) is 0 Å². The number of halogens is 2. The molecule has 1 amide bonds. The average molecular weight is 354 g/mol. The zero-order valence-corrected chi connectivity index (χ0v) is 14.1. The molecule has 0 aliphatic carbocycles. The zero-order valence-electron chi connectivity index (χ0n) is 12.6. The minimum Gasteiger partial charge on any atom is -0.497 e. The topological polar surface area (TPSA) is 58.6 Å². The van der Waals surface area contributed by atoms with E-state index in [1.54, 1.807) is 49.6 Å². The van der Waals surface area contributed by atoms with Crippen LogP contribution >= 0.6 is 23.2 Å². The fraction of sp³-hybridized carbons (Fsp3) is 0.235. The molecule has 1 atom stereocenters. The molecule has 0 radical (unpaired) electrons. The third-order valence-corrected chi connectivity index (χ3v) is 4.10. The van der Waals surface area contributed by atoms with E-state index >= 15 is 0 Å². The van der Waals surface area contributed by atoms with Crippen LogP contribution in [0.3, 0.4) is 0 Å². The van der Waals surface area contributed by atoms with Crippen molar-refractivity contribution in [2.75, 3.05) is 13.7 Å². The van der Waals surface area contributed by atoms with Crippen LogP contribution in [-0.2, 0) is 11.2 Å². The molecule has 0 aliphatic rings. The van der Waals surface area contributed by atoms with Crippen LogP contribution in [0, 0.1) is 0 Å². The quantitative estimate of drug-likeness (QED) is 0.836. The SMILES string of the molecule is COc1ccc(C(O)CNC(=O)Cc2c(Cl)cccc2Cl)cc1. The number of benzene rings is 2. The van der Waals surface area contributed by atoms with Crippen molar-refractivity contribution in [1.82, 2.24) is 5.32 Å². The molecule has 0 bridgehead atoms. The molecule has 0 heterocycles. The van der Waals surface area contributed by atoms with Crippen LogP contribution in [0.15, 0.2) is 42.5 Å². The van der Waals surface area contributed by atoms with Crippen LogP contribution < -0.4 is 10.1 Å². The second kappa shape index (κ2) is 8.20. The van der Waals surface area contributed by atoms with Gasteiger partial charge in [-0.2, -0.15) is 0 Å². The number of carbonyl (C=O) groups excluding carboxylic acids is 1. The van der Waals surface area contributed by atoms with Gasteiger partial charge in [-0.25, -0.2) is 0 Å². The first-order valence-corrected chi connectivity index (χ1v) is 7.78. The van der Waals surface area contributed by atoms with Crippen molar-refractivity contribution in [3.8, 4) is 5.75 Å². The number of ether oxygens (including phenoxy) is 1. The van der Waals surface area contributed by atoms with E-state index in [4.69, 9.17) is 27.9 Å². The summed E-state index contributed by atoms with van der Waals surface area (Å²) in [6.07, 6.45) is -0.736. The number of hydrogen-bond donors (Lipinski definition) is 2. The van der Waals surface area contributed by atoms with Gasteiger partial charge in [0, 0.05) is 16.6 Å². The van der Waals surface area contributed by atoms with Crippen LogP contribution in [0.4, 0.5) is 0 Å². The summed E-state index contributed by atoms with van der Waals surface area (Å²) in [5.74, 6) is 0.450. The second-order valence-electron chi connectivity index (χ2n) is 4.97. The van der Waals surface area contributed by atoms with E-state index in [1.807, 2.05) is 0 Å². The Morgan fingerprint density at radius 3 is 2.35 bits per heavy atom. The predicted molar refractivity (Wildman–Crippen MR) is 91.1 cm³/mol. The maximum Gasteiger partial charge on any atom is 0.224 e. The molecule has 0 fully saturated rings. The summed E-state index contributed by atoms with van der Waals surface area (Å²) in [7, 11) is 1.57. The summed E-state index contributed by atoms with van der Waals surface area (Å²) in [5.41, 5.74) is 1.27. The highest BCUT2D eigenvalue weighted by Gasteiger charge is 2.13. The minimum absolute atomic E-state index is 0.0633. The van der Waals surface area contributed by atoms with Gasteiger partial charge < -0.3 is 15.2 Å². The van der Waals surface area contributed by atoms with Gasteiger partial charge in [-0.3, -0.25) is 4.79 Å². The summed E-state index contributed by atoms with van der Waals surface area (Å²) in [4.78, 5) is 12.0. The minimum atomic E-state index is -0.799. The normalized spacial score (nSPS) is 11.8. The lowest BCUT2D eigenvalue weighted by atomic mass is 10.1. The molecule has 23 heavy (non-hydrogen) atoms. The van der Waals surface area contributed by atoms with E-state index in [2.05, 4.69) is 5.32 Å². The molecule has 0 aliphatic heterocycles. The number of methoxy groups -OCH3 is 1. The summed E-state index contributed by atoms with van der Waals surface area (Å²) >= 11 is 12.1. The van der Waals surface area contributed by atoms with E-state index in [0.717, 1.165) is 0 Å². The van der Waals surface area contributed by atoms with Crippen molar-refractivity contribution >= 4 is 29.1 Å². The maximum absolute atomic E-state index is 12.0. The van der Waals surface area contributed by atoms with Gasteiger partial charge in [0.25, 0.3) is 0 Å². The number of aliphatic hydroxyl groups is 1. The van der Waals surface area contributed by atoms with Crippen LogP contribution in [-0.4, -0.2) is 24.7 Å². The van der Waals surface area contributed by atoms with Crippen LogP contribution in [0.5, 0.6) is 5.75 Å². The van der Waals surface area contributed by atoms with Crippen molar-refractivity contribution < 1.29 is 14.6 Å². The number of nitrogens with one attached hydrogen (secondary N) is 1. The predicted octanol–water partition coefficient (Wildman–Crippen LogP) is 3.39. The van der Waals surface area contributed by atoms with Crippen LogP contribution in [0.25, 0.3) is 0 Å². The van der Waals surface area contributed by atoms with Gasteiger partial charge in [0.05, 0.1) is 19.6 Å². The number of hydrogen-bond acceptors (Lipinski definition) is 3. The van der Waals surface area contributed by atoms with Gasteiger partial charge in [0.2, 0.25) is 5.91 Å². The average Bonchev–Trinajstić information content (AvgIpc) is 2.56. The fourth-order valence-corrected chi connectivity index (χ4v) is 2.61. The molecule has 2 rings (SSSR count). The summed E-state index contributed by atoms with van der Waals surface area (Å²) in [6, 6.07) is 12.1. The lowest BCUT2D eigenvalue weighted by Crippen LogP contribution is -2.29. The molecule has 0 spiro atoms. The Morgan fingerprint density at radius 2 is 1.78 bits per heavy atom. The Labute approximate surface area is 145 Å². The monoisotopic (exact) mass is 353 g/mol. The first-order chi connectivity index (χ1) is 11.0. The van der Waals surface area contributed by atoms with Crippen molar-refractivity contribution in [3.63, 3.8) is 0 Å². The summed E-state index contributed by atoms with van der Waals surface area (Å²) in [6.45, 7) is 0.104. The van der Waals surface area contributed by atoms with Gasteiger partial charge in [-0.15, -0.1) is 0 Å². The fourth-order valence-electron chi connectivity index (χ4n) is 2.08. The molecule has 0 aromatic heterocycles. The highest BCUT2D eigenvalue weighted by molar-refractivity contribution is 6.36. The van der Waals surface area contributed by atoms with E-state index in [9.17, 15) is 9.90 Å².